The van der Waals surface area contributed by atoms with E-state index in [1.165, 1.54) is 25.7 Å². The summed E-state index contributed by atoms with van der Waals surface area (Å²) in [5.41, 5.74) is 2.63. The summed E-state index contributed by atoms with van der Waals surface area (Å²) >= 11 is 5.97. The SMILES string of the molecule is CCCC1(CNCc2cn3cc(Cl)ccc3n2)CC1. The van der Waals surface area contributed by atoms with Gasteiger partial charge in [-0.2, -0.15) is 0 Å². The van der Waals surface area contributed by atoms with Crippen LogP contribution in [0.15, 0.2) is 24.5 Å². The molecule has 1 aliphatic carbocycles. The van der Waals surface area contributed by atoms with Crippen LogP contribution in [0.4, 0.5) is 0 Å². The zero-order valence-corrected chi connectivity index (χ0v) is 12.1. The molecule has 0 amide bonds. The van der Waals surface area contributed by atoms with E-state index in [0.29, 0.717) is 5.41 Å². The first kappa shape index (κ1) is 12.9. The summed E-state index contributed by atoms with van der Waals surface area (Å²) in [6.07, 6.45) is 9.35. The molecule has 2 heterocycles. The molecule has 0 aromatic carbocycles. The van der Waals surface area contributed by atoms with Crippen LogP contribution >= 0.6 is 11.6 Å². The quantitative estimate of drug-likeness (QED) is 0.873. The highest BCUT2D eigenvalue weighted by Gasteiger charge is 2.40. The molecule has 2 aromatic heterocycles. The summed E-state index contributed by atoms with van der Waals surface area (Å²) in [6, 6.07) is 3.83. The molecule has 4 heteroatoms. The van der Waals surface area contributed by atoms with Gasteiger partial charge in [-0.05, 0) is 36.8 Å². The van der Waals surface area contributed by atoms with Gasteiger partial charge >= 0.3 is 0 Å². The number of pyridine rings is 1. The van der Waals surface area contributed by atoms with Crippen LogP contribution in [-0.4, -0.2) is 15.9 Å². The van der Waals surface area contributed by atoms with Gasteiger partial charge < -0.3 is 9.72 Å². The number of nitrogens with one attached hydrogen (secondary N) is 1. The number of rotatable bonds is 6. The van der Waals surface area contributed by atoms with Crippen molar-refractivity contribution in [3.8, 4) is 0 Å². The van der Waals surface area contributed by atoms with Crippen molar-refractivity contribution < 1.29 is 0 Å². The lowest BCUT2D eigenvalue weighted by Crippen LogP contribution is -2.23. The molecule has 1 fully saturated rings. The fourth-order valence-electron chi connectivity index (χ4n) is 2.78. The minimum atomic E-state index is 0.594. The fourth-order valence-corrected chi connectivity index (χ4v) is 2.95. The summed E-state index contributed by atoms with van der Waals surface area (Å²) in [5.74, 6) is 0. The minimum absolute atomic E-state index is 0.594. The second-order valence-corrected chi connectivity index (χ2v) is 6.14. The summed E-state index contributed by atoms with van der Waals surface area (Å²) in [7, 11) is 0. The third kappa shape index (κ3) is 2.93. The third-order valence-corrected chi connectivity index (χ3v) is 4.23. The van der Waals surface area contributed by atoms with Crippen LogP contribution in [0, 0.1) is 5.41 Å². The molecule has 0 spiro atoms. The van der Waals surface area contributed by atoms with E-state index < -0.39 is 0 Å². The van der Waals surface area contributed by atoms with Crippen molar-refractivity contribution in [2.75, 3.05) is 6.54 Å². The van der Waals surface area contributed by atoms with Crippen molar-refractivity contribution in [3.05, 3.63) is 35.2 Å². The molecule has 0 radical (unpaired) electrons. The van der Waals surface area contributed by atoms with E-state index in [-0.39, 0.29) is 0 Å². The Balaban J connectivity index is 1.59. The summed E-state index contributed by atoms with van der Waals surface area (Å²) in [6.45, 7) is 4.23. The normalized spacial score (nSPS) is 16.9. The number of hydrogen-bond acceptors (Lipinski definition) is 2. The number of aromatic nitrogens is 2. The highest BCUT2D eigenvalue weighted by Crippen LogP contribution is 2.48. The molecule has 2 aromatic rings. The maximum Gasteiger partial charge on any atom is 0.137 e. The molecule has 19 heavy (non-hydrogen) atoms. The van der Waals surface area contributed by atoms with Crippen LogP contribution in [-0.2, 0) is 6.54 Å². The Morgan fingerprint density at radius 1 is 1.37 bits per heavy atom. The molecular formula is C15H20ClN3. The Kier molecular flexibility index (Phi) is 3.50. The zero-order valence-electron chi connectivity index (χ0n) is 11.3. The topological polar surface area (TPSA) is 29.3 Å². The monoisotopic (exact) mass is 277 g/mol. The maximum atomic E-state index is 5.97. The van der Waals surface area contributed by atoms with E-state index in [9.17, 15) is 0 Å². The van der Waals surface area contributed by atoms with Gasteiger partial charge in [-0.25, -0.2) is 4.98 Å². The van der Waals surface area contributed by atoms with Crippen molar-refractivity contribution in [1.29, 1.82) is 0 Å². The molecule has 0 atom stereocenters. The minimum Gasteiger partial charge on any atom is -0.311 e. The third-order valence-electron chi connectivity index (χ3n) is 4.01. The number of nitrogens with zero attached hydrogens (tertiary/aromatic N) is 2. The zero-order chi connectivity index (χ0) is 13.3. The van der Waals surface area contributed by atoms with Crippen LogP contribution in [0.5, 0.6) is 0 Å². The standard InChI is InChI=1S/C15H20ClN3/c1-2-5-15(6-7-15)11-17-8-13-10-19-9-12(16)3-4-14(19)18-13/h3-4,9-10,17H,2,5-8,11H2,1H3. The van der Waals surface area contributed by atoms with Crippen LogP contribution in [0.2, 0.25) is 5.02 Å². The largest absolute Gasteiger partial charge is 0.311 e. The Labute approximate surface area is 119 Å². The highest BCUT2D eigenvalue weighted by atomic mass is 35.5. The van der Waals surface area contributed by atoms with Gasteiger partial charge in [0.15, 0.2) is 0 Å². The Morgan fingerprint density at radius 3 is 2.95 bits per heavy atom. The Hall–Kier alpha value is -1.06. The van der Waals surface area contributed by atoms with Gasteiger partial charge in [-0.15, -0.1) is 0 Å². The van der Waals surface area contributed by atoms with E-state index in [1.54, 1.807) is 0 Å². The van der Waals surface area contributed by atoms with Gasteiger partial charge in [0.1, 0.15) is 5.65 Å². The summed E-state index contributed by atoms with van der Waals surface area (Å²) in [5, 5.41) is 4.30. The second kappa shape index (κ2) is 5.14. The molecule has 0 bridgehead atoms. The number of hydrogen-bond donors (Lipinski definition) is 1. The molecule has 1 N–H and O–H groups in total. The molecule has 102 valence electrons. The smallest absolute Gasteiger partial charge is 0.137 e. The predicted octanol–water partition coefficient (Wildman–Crippen LogP) is 3.66. The lowest BCUT2D eigenvalue weighted by molar-refractivity contribution is 0.420. The first-order chi connectivity index (χ1) is 9.21. The molecule has 1 saturated carbocycles. The average Bonchev–Trinajstić information content (AvgIpc) is 3.01. The van der Waals surface area contributed by atoms with E-state index >= 15 is 0 Å². The first-order valence-corrected chi connectivity index (χ1v) is 7.42. The summed E-state index contributed by atoms with van der Waals surface area (Å²) in [4.78, 5) is 4.58. The first-order valence-electron chi connectivity index (χ1n) is 7.05. The van der Waals surface area contributed by atoms with Gasteiger partial charge in [-0.1, -0.05) is 24.9 Å². The predicted molar refractivity (Wildman–Crippen MR) is 78.5 cm³/mol. The van der Waals surface area contributed by atoms with Crippen LogP contribution in [0.25, 0.3) is 5.65 Å². The highest BCUT2D eigenvalue weighted by molar-refractivity contribution is 6.30. The number of fused-ring (bicyclic) bond motifs is 1. The van der Waals surface area contributed by atoms with Crippen molar-refractivity contribution in [2.24, 2.45) is 5.41 Å². The molecule has 0 unspecified atom stereocenters. The van der Waals surface area contributed by atoms with Crippen molar-refractivity contribution in [1.82, 2.24) is 14.7 Å². The molecule has 3 rings (SSSR count). The number of halogens is 1. The van der Waals surface area contributed by atoms with Crippen molar-refractivity contribution in [3.63, 3.8) is 0 Å². The van der Waals surface area contributed by atoms with Gasteiger partial charge in [0.2, 0.25) is 0 Å². The fraction of sp³-hybridized carbons (Fsp3) is 0.533. The van der Waals surface area contributed by atoms with E-state index in [0.717, 1.165) is 29.5 Å². The molecule has 3 nitrogen and oxygen atoms in total. The van der Waals surface area contributed by atoms with Crippen LogP contribution in [0.1, 0.15) is 38.3 Å². The van der Waals surface area contributed by atoms with Gasteiger partial charge in [0.05, 0.1) is 10.7 Å². The van der Waals surface area contributed by atoms with Gasteiger partial charge in [0, 0.05) is 25.5 Å². The Bertz CT molecular complexity index is 572. The number of imidazole rings is 1. The summed E-state index contributed by atoms with van der Waals surface area (Å²) < 4.78 is 1.98. The Morgan fingerprint density at radius 2 is 2.21 bits per heavy atom. The van der Waals surface area contributed by atoms with Crippen LogP contribution < -0.4 is 5.32 Å². The van der Waals surface area contributed by atoms with Gasteiger partial charge in [-0.3, -0.25) is 0 Å². The van der Waals surface area contributed by atoms with Gasteiger partial charge in [0.25, 0.3) is 0 Å². The van der Waals surface area contributed by atoms with E-state index in [1.807, 2.05) is 28.9 Å². The lowest BCUT2D eigenvalue weighted by atomic mass is 10.0. The second-order valence-electron chi connectivity index (χ2n) is 5.70. The van der Waals surface area contributed by atoms with Crippen LogP contribution in [0.3, 0.4) is 0 Å². The van der Waals surface area contributed by atoms with E-state index in [4.69, 9.17) is 11.6 Å². The lowest BCUT2D eigenvalue weighted by Gasteiger charge is -2.13. The van der Waals surface area contributed by atoms with Crippen molar-refractivity contribution >= 4 is 17.2 Å². The molecule has 1 aliphatic rings. The molecule has 0 aliphatic heterocycles. The van der Waals surface area contributed by atoms with E-state index in [2.05, 4.69) is 17.2 Å². The molecular weight excluding hydrogens is 258 g/mol. The maximum absolute atomic E-state index is 5.97. The average molecular weight is 278 g/mol. The van der Waals surface area contributed by atoms with Crippen molar-refractivity contribution in [2.45, 2.75) is 39.2 Å². The molecule has 0 saturated heterocycles.